The van der Waals surface area contributed by atoms with E-state index in [0.29, 0.717) is 0 Å². The van der Waals surface area contributed by atoms with Crippen molar-refractivity contribution in [3.05, 3.63) is 64.4 Å². The Balaban J connectivity index is 1.66. The van der Waals surface area contributed by atoms with Gasteiger partial charge in [0.25, 0.3) is 0 Å². The number of nitrogens with one attached hydrogen (secondary N) is 1. The fourth-order valence-corrected chi connectivity index (χ4v) is 3.14. The first-order chi connectivity index (χ1) is 10.2. The number of thiazole rings is 1. The molecule has 3 rings (SSSR count). The third kappa shape index (κ3) is 3.31. The third-order valence-electron chi connectivity index (χ3n) is 3.42. The van der Waals surface area contributed by atoms with E-state index in [9.17, 15) is 0 Å². The summed E-state index contributed by atoms with van der Waals surface area (Å²) in [5, 5.41) is 7.74. The van der Waals surface area contributed by atoms with Crippen LogP contribution in [0.15, 0.2) is 48.2 Å². The number of rotatable bonds is 5. The Morgan fingerprint density at radius 2 is 2.10 bits per heavy atom. The molecule has 5 heteroatoms. The Hall–Kier alpha value is -2.14. The van der Waals surface area contributed by atoms with Gasteiger partial charge in [-0.05, 0) is 37.6 Å². The summed E-state index contributed by atoms with van der Waals surface area (Å²) < 4.78 is 1.92. The van der Waals surface area contributed by atoms with E-state index in [1.54, 1.807) is 17.5 Å². The molecule has 0 aliphatic heterocycles. The molecule has 1 N–H and O–H groups in total. The molecule has 0 spiro atoms. The van der Waals surface area contributed by atoms with Crippen LogP contribution in [-0.4, -0.2) is 14.8 Å². The van der Waals surface area contributed by atoms with Crippen LogP contribution in [0.25, 0.3) is 0 Å². The van der Waals surface area contributed by atoms with Crippen LogP contribution in [0.4, 0.5) is 5.69 Å². The minimum absolute atomic E-state index is 0.273. The first kappa shape index (κ1) is 13.8. The largest absolute Gasteiger partial charge is 0.378 e. The van der Waals surface area contributed by atoms with E-state index in [1.807, 2.05) is 22.5 Å². The molecular formula is C16H18N4S. The Morgan fingerprint density at radius 1 is 1.29 bits per heavy atom. The van der Waals surface area contributed by atoms with Crippen LogP contribution in [0.2, 0.25) is 0 Å². The summed E-state index contributed by atoms with van der Waals surface area (Å²) in [6, 6.07) is 10.7. The Labute approximate surface area is 128 Å². The molecule has 2 aromatic heterocycles. The molecule has 0 saturated carbocycles. The van der Waals surface area contributed by atoms with Gasteiger partial charge in [-0.25, -0.2) is 4.98 Å². The predicted octanol–water partition coefficient (Wildman–Crippen LogP) is 3.87. The average molecular weight is 298 g/mol. The maximum Gasteiger partial charge on any atom is 0.0798 e. The van der Waals surface area contributed by atoms with Gasteiger partial charge in [0.05, 0.1) is 23.8 Å². The van der Waals surface area contributed by atoms with Crippen molar-refractivity contribution in [1.82, 2.24) is 14.8 Å². The lowest BCUT2D eigenvalue weighted by molar-refractivity contribution is 0.687. The Kier molecular flexibility index (Phi) is 4.01. The van der Waals surface area contributed by atoms with Crippen LogP contribution in [0.1, 0.15) is 29.1 Å². The first-order valence-corrected chi connectivity index (χ1v) is 7.83. The standard InChI is InChI=1S/C16H18N4S/c1-12-16(21-11-17-12)13(2)19-15-6-4-14(5-7-15)10-20-9-3-8-18-20/h3-9,11,13,19H,10H2,1-2H3. The summed E-state index contributed by atoms with van der Waals surface area (Å²) in [4.78, 5) is 5.59. The maximum absolute atomic E-state index is 4.30. The van der Waals surface area contributed by atoms with E-state index in [2.05, 4.69) is 53.5 Å². The molecule has 0 fully saturated rings. The minimum atomic E-state index is 0.273. The normalized spacial score (nSPS) is 12.3. The highest BCUT2D eigenvalue weighted by atomic mass is 32.1. The second kappa shape index (κ2) is 6.10. The quantitative estimate of drug-likeness (QED) is 0.777. The lowest BCUT2D eigenvalue weighted by Crippen LogP contribution is -2.06. The van der Waals surface area contributed by atoms with Crippen molar-refractivity contribution < 1.29 is 0 Å². The van der Waals surface area contributed by atoms with Gasteiger partial charge in [0.15, 0.2) is 0 Å². The van der Waals surface area contributed by atoms with E-state index in [0.717, 1.165) is 17.9 Å². The molecule has 4 nitrogen and oxygen atoms in total. The zero-order chi connectivity index (χ0) is 14.7. The number of anilines is 1. The Morgan fingerprint density at radius 3 is 2.71 bits per heavy atom. The summed E-state index contributed by atoms with van der Waals surface area (Å²) in [5.74, 6) is 0. The van der Waals surface area contributed by atoms with Crippen molar-refractivity contribution >= 4 is 17.0 Å². The molecule has 0 amide bonds. The van der Waals surface area contributed by atoms with Gasteiger partial charge in [-0.1, -0.05) is 12.1 Å². The van der Waals surface area contributed by atoms with Gasteiger partial charge in [0.1, 0.15) is 0 Å². The molecule has 1 atom stereocenters. The van der Waals surface area contributed by atoms with Crippen LogP contribution >= 0.6 is 11.3 Å². The molecule has 2 heterocycles. The van der Waals surface area contributed by atoms with Gasteiger partial charge < -0.3 is 5.32 Å². The number of hydrogen-bond donors (Lipinski definition) is 1. The van der Waals surface area contributed by atoms with Gasteiger partial charge in [0.2, 0.25) is 0 Å². The van der Waals surface area contributed by atoms with Crippen LogP contribution in [0.3, 0.4) is 0 Å². The monoisotopic (exact) mass is 298 g/mol. The smallest absolute Gasteiger partial charge is 0.0798 e. The average Bonchev–Trinajstić information content (AvgIpc) is 3.12. The second-order valence-corrected chi connectivity index (χ2v) is 5.95. The van der Waals surface area contributed by atoms with Crippen molar-refractivity contribution in [3.63, 3.8) is 0 Å². The molecule has 0 aliphatic rings. The number of hydrogen-bond acceptors (Lipinski definition) is 4. The molecule has 0 bridgehead atoms. The van der Waals surface area contributed by atoms with Crippen LogP contribution in [0.5, 0.6) is 0 Å². The highest BCUT2D eigenvalue weighted by molar-refractivity contribution is 7.09. The maximum atomic E-state index is 4.30. The van der Waals surface area contributed by atoms with Crippen LogP contribution in [0, 0.1) is 6.92 Å². The van der Waals surface area contributed by atoms with E-state index < -0.39 is 0 Å². The van der Waals surface area contributed by atoms with Gasteiger partial charge >= 0.3 is 0 Å². The molecule has 21 heavy (non-hydrogen) atoms. The fourth-order valence-electron chi connectivity index (χ4n) is 2.33. The molecule has 3 aromatic rings. The lowest BCUT2D eigenvalue weighted by atomic mass is 10.2. The zero-order valence-electron chi connectivity index (χ0n) is 12.2. The van der Waals surface area contributed by atoms with E-state index in [1.165, 1.54) is 10.4 Å². The van der Waals surface area contributed by atoms with Crippen LogP contribution < -0.4 is 5.32 Å². The predicted molar refractivity (Wildman–Crippen MR) is 86.7 cm³/mol. The van der Waals surface area contributed by atoms with Crippen molar-refractivity contribution in [3.8, 4) is 0 Å². The van der Waals surface area contributed by atoms with Crippen molar-refractivity contribution in [2.24, 2.45) is 0 Å². The summed E-state index contributed by atoms with van der Waals surface area (Å²) >= 11 is 1.70. The fraction of sp³-hybridized carbons (Fsp3) is 0.250. The SMILES string of the molecule is Cc1ncsc1C(C)Nc1ccc(Cn2cccn2)cc1. The lowest BCUT2D eigenvalue weighted by Gasteiger charge is -2.14. The van der Waals surface area contributed by atoms with Crippen molar-refractivity contribution in [2.75, 3.05) is 5.32 Å². The molecule has 0 radical (unpaired) electrons. The van der Waals surface area contributed by atoms with Crippen molar-refractivity contribution in [1.29, 1.82) is 0 Å². The number of aryl methyl sites for hydroxylation is 1. The van der Waals surface area contributed by atoms with Gasteiger partial charge in [-0.3, -0.25) is 4.68 Å². The third-order valence-corrected chi connectivity index (χ3v) is 4.53. The van der Waals surface area contributed by atoms with Crippen LogP contribution in [-0.2, 0) is 6.54 Å². The van der Waals surface area contributed by atoms with Gasteiger partial charge in [-0.2, -0.15) is 5.10 Å². The minimum Gasteiger partial charge on any atom is -0.378 e. The molecule has 0 saturated heterocycles. The molecule has 0 aliphatic carbocycles. The highest BCUT2D eigenvalue weighted by Gasteiger charge is 2.10. The topological polar surface area (TPSA) is 42.7 Å². The van der Waals surface area contributed by atoms with E-state index >= 15 is 0 Å². The van der Waals surface area contributed by atoms with Crippen molar-refractivity contribution in [2.45, 2.75) is 26.4 Å². The van der Waals surface area contributed by atoms with E-state index in [-0.39, 0.29) is 6.04 Å². The molecule has 108 valence electrons. The van der Waals surface area contributed by atoms with Gasteiger partial charge in [0, 0.05) is 23.0 Å². The molecular weight excluding hydrogens is 280 g/mol. The Bertz CT molecular complexity index is 685. The molecule has 1 unspecified atom stereocenters. The zero-order valence-corrected chi connectivity index (χ0v) is 13.0. The van der Waals surface area contributed by atoms with E-state index in [4.69, 9.17) is 0 Å². The highest BCUT2D eigenvalue weighted by Crippen LogP contribution is 2.25. The number of aromatic nitrogens is 3. The number of benzene rings is 1. The summed E-state index contributed by atoms with van der Waals surface area (Å²) in [6.07, 6.45) is 3.77. The number of nitrogens with zero attached hydrogens (tertiary/aromatic N) is 3. The second-order valence-electron chi connectivity index (χ2n) is 5.07. The summed E-state index contributed by atoms with van der Waals surface area (Å²) in [5.41, 5.74) is 5.37. The summed E-state index contributed by atoms with van der Waals surface area (Å²) in [6.45, 7) is 5.02. The first-order valence-electron chi connectivity index (χ1n) is 6.95. The van der Waals surface area contributed by atoms with Gasteiger partial charge in [-0.15, -0.1) is 11.3 Å². The summed E-state index contributed by atoms with van der Waals surface area (Å²) in [7, 11) is 0. The molecule has 1 aromatic carbocycles.